The van der Waals surface area contributed by atoms with Crippen molar-refractivity contribution in [3.05, 3.63) is 71.9 Å². The Morgan fingerprint density at radius 2 is 0.929 bits per heavy atom. The number of fused-ring (bicyclic) bond motifs is 1. The van der Waals surface area contributed by atoms with Gasteiger partial charge in [-0.25, -0.2) is 9.59 Å². The first-order valence-electron chi connectivity index (χ1n) is 39.0. The average Bonchev–Trinajstić information content (AvgIpc) is 1.68. The number of nitrogens with one attached hydrogen (secondary N) is 11. The van der Waals surface area contributed by atoms with Gasteiger partial charge in [-0.2, -0.15) is 0 Å². The van der Waals surface area contributed by atoms with Crippen LogP contribution in [0.1, 0.15) is 201 Å². The van der Waals surface area contributed by atoms with Crippen molar-refractivity contribution in [1.82, 2.24) is 63.1 Å². The number of aliphatic hydroxyl groups is 3. The highest BCUT2D eigenvalue weighted by molar-refractivity contribution is 6.00. The van der Waals surface area contributed by atoms with Crippen molar-refractivity contribution >= 4 is 99.6 Å². The SMILES string of the molecule is CC[C@H](C)[C@H](NC(=O)[C@H](CCC(N)=O)NC(=O)[C@@H]1CCCN1C(=O)CCCCCCCCCCCCCC(=O)N[C@@H](CO)C(=O)N[C@H](C(=O)N[C@@H](CC(C)C)C(=O)N[C@@H](CC(N)=O)C(=O)N[C@@H](Cc1ccccc1)C(=O)O)C(C)O)C(=O)N[C@H](C(=O)N[C@@H](CC(C)C)C(=O)N[C@@H](Cc1c[nH]c2ccccc12)C(=O)O)[C@@H](C)O. The Kier molecular flexibility index (Phi) is 40.9. The molecule has 1 fully saturated rings. The minimum Gasteiger partial charge on any atom is -0.480 e. The van der Waals surface area contributed by atoms with Gasteiger partial charge in [0.1, 0.15) is 66.5 Å². The number of hydrogen-bond donors (Lipinski definition) is 18. The van der Waals surface area contributed by atoms with Crippen LogP contribution in [0.3, 0.4) is 0 Å². The van der Waals surface area contributed by atoms with Crippen LogP contribution >= 0.6 is 0 Å². The average molecular weight is 1570 g/mol. The molecular formula is C78H120N14O20. The summed E-state index contributed by atoms with van der Waals surface area (Å²) in [6.07, 6.45) is 7.20. The van der Waals surface area contributed by atoms with Crippen LogP contribution in [0.2, 0.25) is 0 Å². The van der Waals surface area contributed by atoms with Gasteiger partial charge < -0.3 is 100 Å². The molecule has 13 amide bonds. The molecule has 0 radical (unpaired) electrons. The number of H-pyrrole nitrogens is 1. The summed E-state index contributed by atoms with van der Waals surface area (Å²) in [5.41, 5.74) is 12.9. The molecule has 1 aromatic heterocycles. The number of rotatable bonds is 53. The molecule has 34 nitrogen and oxygen atoms in total. The number of carbonyl (C=O) groups is 15. The summed E-state index contributed by atoms with van der Waals surface area (Å²) in [7, 11) is 0. The number of aromatic amines is 1. The maximum atomic E-state index is 14.2. The van der Waals surface area contributed by atoms with Gasteiger partial charge >= 0.3 is 11.9 Å². The number of carbonyl (C=O) groups excluding carboxylic acids is 13. The van der Waals surface area contributed by atoms with E-state index in [1.54, 1.807) is 84.1 Å². The number of nitrogens with two attached hydrogens (primary N) is 2. The fourth-order valence-corrected chi connectivity index (χ4v) is 13.1. The number of likely N-dealkylation sites (tertiary alicyclic amines) is 1. The molecule has 112 heavy (non-hydrogen) atoms. The molecule has 3 aromatic rings. The van der Waals surface area contributed by atoms with E-state index in [4.69, 9.17) is 11.5 Å². The predicted molar refractivity (Wildman–Crippen MR) is 413 cm³/mol. The van der Waals surface area contributed by atoms with Crippen LogP contribution < -0.4 is 64.6 Å². The van der Waals surface area contributed by atoms with Crippen LogP contribution in [0, 0.1) is 17.8 Å². The molecule has 0 saturated carbocycles. The van der Waals surface area contributed by atoms with E-state index in [9.17, 15) is 97.5 Å². The minimum atomic E-state index is -1.71. The van der Waals surface area contributed by atoms with Gasteiger partial charge in [-0.05, 0) is 93.7 Å². The summed E-state index contributed by atoms with van der Waals surface area (Å²) in [5.74, 6) is -14.6. The summed E-state index contributed by atoms with van der Waals surface area (Å²) in [6, 6.07) is -0.195. The van der Waals surface area contributed by atoms with Crippen LogP contribution in [0.25, 0.3) is 10.9 Å². The molecule has 4 rings (SSSR count). The summed E-state index contributed by atoms with van der Waals surface area (Å²) in [5, 5.41) is 77.3. The van der Waals surface area contributed by atoms with Crippen molar-refractivity contribution < 1.29 is 97.5 Å². The molecule has 1 aliphatic heterocycles. The molecule has 20 N–H and O–H groups in total. The van der Waals surface area contributed by atoms with Crippen molar-refractivity contribution in [3.63, 3.8) is 0 Å². The Labute approximate surface area is 653 Å². The van der Waals surface area contributed by atoms with E-state index in [0.29, 0.717) is 56.2 Å². The van der Waals surface area contributed by atoms with Crippen molar-refractivity contribution in [2.75, 3.05) is 13.2 Å². The number of para-hydroxylation sites is 1. The van der Waals surface area contributed by atoms with Crippen molar-refractivity contribution in [2.45, 2.75) is 282 Å². The first-order valence-corrected chi connectivity index (χ1v) is 39.0. The number of amides is 13. The van der Waals surface area contributed by atoms with Crippen LogP contribution in [0.4, 0.5) is 0 Å². The van der Waals surface area contributed by atoms with Gasteiger partial charge in [0.05, 0.1) is 25.2 Å². The zero-order valence-corrected chi connectivity index (χ0v) is 65.7. The second-order valence-electron chi connectivity index (χ2n) is 30.0. The number of aliphatic carboxylic acids is 2. The number of carboxylic acid groups (broad SMARTS) is 2. The quantitative estimate of drug-likeness (QED) is 0.0351. The Hall–Kier alpha value is -10.1. The van der Waals surface area contributed by atoms with Crippen molar-refractivity contribution in [2.24, 2.45) is 29.2 Å². The fraction of sp³-hybridized carbons (Fsp3) is 0.628. The highest BCUT2D eigenvalue weighted by Gasteiger charge is 2.40. The zero-order valence-electron chi connectivity index (χ0n) is 65.7. The van der Waals surface area contributed by atoms with Gasteiger partial charge in [0.15, 0.2) is 0 Å². The van der Waals surface area contributed by atoms with Gasteiger partial charge in [0, 0.05) is 55.7 Å². The smallest absolute Gasteiger partial charge is 0.326 e. The number of aliphatic hydroxyl groups excluding tert-OH is 3. The van der Waals surface area contributed by atoms with Crippen LogP contribution in [-0.4, -0.2) is 216 Å². The molecule has 1 saturated heterocycles. The monoisotopic (exact) mass is 1570 g/mol. The third kappa shape index (κ3) is 32.7. The molecular weight excluding hydrogens is 1450 g/mol. The molecule has 34 heteroatoms. The molecule has 2 aromatic carbocycles. The predicted octanol–water partition coefficient (Wildman–Crippen LogP) is 1.07. The topological polar surface area (TPSA) is 549 Å². The normalized spacial score (nSPS) is 16.2. The van der Waals surface area contributed by atoms with Gasteiger partial charge in [0.25, 0.3) is 0 Å². The first kappa shape index (κ1) is 94.3. The lowest BCUT2D eigenvalue weighted by Crippen LogP contribution is -2.62. The third-order valence-corrected chi connectivity index (χ3v) is 19.6. The summed E-state index contributed by atoms with van der Waals surface area (Å²) in [6.45, 7) is 12.3. The lowest BCUT2D eigenvalue weighted by atomic mass is 9.96. The van der Waals surface area contributed by atoms with Crippen LogP contribution in [-0.2, 0) is 84.8 Å². The number of primary amides is 2. The van der Waals surface area contributed by atoms with E-state index in [0.717, 1.165) is 62.3 Å². The highest BCUT2D eigenvalue weighted by atomic mass is 16.4. The van der Waals surface area contributed by atoms with Gasteiger partial charge in [-0.1, -0.05) is 154 Å². The summed E-state index contributed by atoms with van der Waals surface area (Å²) in [4.78, 5) is 204. The molecule has 1 aliphatic rings. The summed E-state index contributed by atoms with van der Waals surface area (Å²) < 4.78 is 0. The molecule has 0 aliphatic carbocycles. The maximum Gasteiger partial charge on any atom is 0.326 e. The highest BCUT2D eigenvalue weighted by Crippen LogP contribution is 2.23. The zero-order chi connectivity index (χ0) is 83.3. The molecule has 14 atom stereocenters. The Morgan fingerprint density at radius 3 is 1.43 bits per heavy atom. The van der Waals surface area contributed by atoms with Crippen LogP contribution in [0.5, 0.6) is 0 Å². The Balaban J connectivity index is 1.19. The van der Waals surface area contributed by atoms with E-state index >= 15 is 0 Å². The van der Waals surface area contributed by atoms with Gasteiger partial charge in [-0.15, -0.1) is 0 Å². The Bertz CT molecular complexity index is 3630. The number of nitrogens with zero attached hydrogens (tertiary/aromatic N) is 1. The largest absolute Gasteiger partial charge is 0.480 e. The number of benzene rings is 2. The second kappa shape index (κ2) is 48.6. The van der Waals surface area contributed by atoms with Crippen LogP contribution in [0.15, 0.2) is 60.8 Å². The van der Waals surface area contributed by atoms with E-state index < -0.39 is 180 Å². The molecule has 0 bridgehead atoms. The third-order valence-electron chi connectivity index (χ3n) is 19.6. The van der Waals surface area contributed by atoms with E-state index in [-0.39, 0.29) is 69.1 Å². The number of hydrogen-bond acceptors (Lipinski definition) is 18. The van der Waals surface area contributed by atoms with E-state index in [1.807, 2.05) is 18.2 Å². The fourth-order valence-electron chi connectivity index (χ4n) is 13.1. The molecule has 622 valence electrons. The molecule has 1 unspecified atom stereocenters. The maximum absolute atomic E-state index is 14.2. The number of unbranched alkanes of at least 4 members (excludes halogenated alkanes) is 10. The van der Waals surface area contributed by atoms with Gasteiger partial charge in [-0.3, -0.25) is 62.3 Å². The minimum absolute atomic E-state index is 0.0214. The number of carboxylic acids is 2. The Morgan fingerprint density at radius 1 is 0.482 bits per heavy atom. The lowest BCUT2D eigenvalue weighted by Gasteiger charge is -2.30. The molecule has 0 spiro atoms. The standard InChI is InChI=1S/C78H120N14O20/c1-9-46(6)65(74(106)91-67(48(8)95)76(108)86-55(38-45(4)5)70(102)88-58(78(111)112)40-50-42-81-52-30-25-24-29-51(50)52)89-68(100)53(34-35-61(79)96)83-73(105)60-31-26-36-92(60)64(99)33-23-18-16-14-12-10-11-13-15-17-22-32-63(98)82-59(43-93)72(104)90-66(47(7)94)75(107)85-54(37-44(2)3)69(101)84-56(41-62(80)97)71(103)87-57(77(109)110)39-49-27-20-19-21-28-49/h19-21,24-25,27-30,42,44-48,53-60,65-67,81,93-95H,9-18,22-23,26,31-41,43H2,1-8H3,(H2,79,96)(H2,80,97)(H,82,98)(H,83,105)(H,84,101)(H,85,107)(H,86,108)(H,87,103)(H,88,102)(H,89,100)(H,90,104)(H,91,106)(H,109,110)(H,111,112)/t46-,47?,48+,53-,54-,55-,56-,57-,58-,59-,60-,65-,66-,67-/m0/s1. The second-order valence-corrected chi connectivity index (χ2v) is 30.0. The van der Waals surface area contributed by atoms with Crippen molar-refractivity contribution in [3.8, 4) is 0 Å². The first-order chi connectivity index (χ1) is 53.0. The summed E-state index contributed by atoms with van der Waals surface area (Å²) >= 11 is 0. The van der Waals surface area contributed by atoms with E-state index in [2.05, 4.69) is 58.2 Å². The van der Waals surface area contributed by atoms with Crippen molar-refractivity contribution in [1.29, 1.82) is 0 Å². The lowest BCUT2D eigenvalue weighted by molar-refractivity contribution is -0.143. The molecule has 2 heterocycles. The van der Waals surface area contributed by atoms with E-state index in [1.165, 1.54) is 18.7 Å². The number of aromatic nitrogens is 1. The van der Waals surface area contributed by atoms with Gasteiger partial charge in [0.2, 0.25) is 76.8 Å².